The third kappa shape index (κ3) is 3.46. The molecule has 9 heteroatoms. The molecule has 3 N–H and O–H groups in total. The van der Waals surface area contributed by atoms with Gasteiger partial charge in [0.2, 0.25) is 10.0 Å². The van der Waals surface area contributed by atoms with Crippen molar-refractivity contribution in [1.82, 2.24) is 4.72 Å². The molecule has 1 atom stereocenters. The van der Waals surface area contributed by atoms with Crippen molar-refractivity contribution < 1.29 is 32.2 Å². The second kappa shape index (κ2) is 5.19. The number of sulfonamides is 1. The van der Waals surface area contributed by atoms with Crippen molar-refractivity contribution in [2.45, 2.75) is 17.4 Å². The Morgan fingerprint density at radius 1 is 1.42 bits per heavy atom. The van der Waals surface area contributed by atoms with Crippen molar-refractivity contribution in [3.05, 3.63) is 29.8 Å². The number of aliphatic carboxylic acids is 1. The fourth-order valence-electron chi connectivity index (χ4n) is 1.08. The Kier molecular flexibility index (Phi) is 4.23. The number of hydrogen-bond donors (Lipinski definition) is 3. The van der Waals surface area contributed by atoms with Gasteiger partial charge in [0.25, 0.3) is 0 Å². The van der Waals surface area contributed by atoms with E-state index in [0.29, 0.717) is 0 Å². The molecule has 0 aliphatic carbocycles. The summed E-state index contributed by atoms with van der Waals surface area (Å²) in [6.45, 7) is -0.0274. The van der Waals surface area contributed by atoms with Crippen LogP contribution < -0.4 is 4.72 Å². The number of carboxylic acids is 1. The first-order chi connectivity index (χ1) is 8.58. The van der Waals surface area contributed by atoms with Crippen LogP contribution in [0.5, 0.6) is 0 Å². The quantitative estimate of drug-likeness (QED) is 0.713. The molecule has 0 aliphatic rings. The molecule has 19 heavy (non-hydrogen) atoms. The molecule has 0 aliphatic heterocycles. The number of rotatable bonds is 5. The van der Waals surface area contributed by atoms with Gasteiger partial charge in [-0.3, -0.25) is 0 Å². The maximum Gasteiger partial charge on any atom is 0.336 e. The van der Waals surface area contributed by atoms with E-state index >= 15 is 0 Å². The summed E-state index contributed by atoms with van der Waals surface area (Å²) < 4.78 is 51.2. The van der Waals surface area contributed by atoms with E-state index in [2.05, 4.69) is 0 Å². The Labute approximate surface area is 107 Å². The van der Waals surface area contributed by atoms with Crippen LogP contribution in [0.4, 0.5) is 8.78 Å². The Morgan fingerprint density at radius 3 is 2.53 bits per heavy atom. The molecule has 0 aromatic heterocycles. The molecule has 0 spiro atoms. The molecule has 0 fully saturated rings. The van der Waals surface area contributed by atoms with Crippen LogP contribution in [-0.2, 0) is 14.8 Å². The topological polar surface area (TPSA) is 104 Å². The minimum absolute atomic E-state index is 0.738. The Hall–Kier alpha value is -1.58. The van der Waals surface area contributed by atoms with E-state index in [9.17, 15) is 27.1 Å². The second-order valence-electron chi connectivity index (χ2n) is 3.96. The van der Waals surface area contributed by atoms with Gasteiger partial charge in [-0.1, -0.05) is 6.07 Å². The largest absolute Gasteiger partial charge is 0.479 e. The summed E-state index contributed by atoms with van der Waals surface area (Å²) in [5, 5.41) is 17.9. The van der Waals surface area contributed by atoms with E-state index in [1.54, 1.807) is 4.72 Å². The van der Waals surface area contributed by atoms with Gasteiger partial charge >= 0.3 is 5.97 Å². The number of hydrogen-bond acceptors (Lipinski definition) is 4. The van der Waals surface area contributed by atoms with Gasteiger partial charge in [0, 0.05) is 0 Å². The van der Waals surface area contributed by atoms with Crippen molar-refractivity contribution >= 4 is 16.0 Å². The number of carbonyl (C=O) groups is 1. The standard InChI is InChI=1S/C10H11F2NO5S/c1-10(16,9(14)15)5-13-19(17,18)7-4-2-3-6(11)8(7)12/h2-4,13,16H,5H2,1H3,(H,14,15). The highest BCUT2D eigenvalue weighted by molar-refractivity contribution is 7.89. The van der Waals surface area contributed by atoms with Gasteiger partial charge in [0.1, 0.15) is 4.90 Å². The van der Waals surface area contributed by atoms with Crippen LogP contribution in [-0.4, -0.2) is 36.7 Å². The van der Waals surface area contributed by atoms with Gasteiger partial charge in [-0.25, -0.2) is 26.7 Å². The van der Waals surface area contributed by atoms with Crippen LogP contribution in [0.25, 0.3) is 0 Å². The van der Waals surface area contributed by atoms with E-state index in [-0.39, 0.29) is 0 Å². The number of halogens is 2. The molecule has 106 valence electrons. The number of benzene rings is 1. The number of nitrogens with one attached hydrogen (secondary N) is 1. The molecule has 0 amide bonds. The zero-order chi connectivity index (χ0) is 14.8. The molecule has 0 radical (unpaired) electrons. The lowest BCUT2D eigenvalue weighted by Gasteiger charge is -2.18. The summed E-state index contributed by atoms with van der Waals surface area (Å²) in [4.78, 5) is 9.61. The van der Waals surface area contributed by atoms with Crippen LogP contribution in [0.2, 0.25) is 0 Å². The van der Waals surface area contributed by atoms with Crippen LogP contribution in [0.3, 0.4) is 0 Å². The average Bonchev–Trinajstić information content (AvgIpc) is 2.30. The molecule has 0 heterocycles. The van der Waals surface area contributed by atoms with Gasteiger partial charge in [0.05, 0.1) is 6.54 Å². The van der Waals surface area contributed by atoms with Crippen molar-refractivity contribution in [3.63, 3.8) is 0 Å². The van der Waals surface area contributed by atoms with Gasteiger partial charge < -0.3 is 10.2 Å². The highest BCUT2D eigenvalue weighted by atomic mass is 32.2. The molecular weight excluding hydrogens is 284 g/mol. The Balaban J connectivity index is 3.01. The molecule has 0 bridgehead atoms. The maximum atomic E-state index is 13.3. The van der Waals surface area contributed by atoms with E-state index in [4.69, 9.17) is 5.11 Å². The highest BCUT2D eigenvalue weighted by Gasteiger charge is 2.32. The first kappa shape index (κ1) is 15.5. The predicted octanol–water partition coefficient (Wildman–Crippen LogP) is 0.0787. The summed E-state index contributed by atoms with van der Waals surface area (Å²) in [6.07, 6.45) is 0. The summed E-state index contributed by atoms with van der Waals surface area (Å²) in [5.74, 6) is -4.59. The molecule has 1 aromatic carbocycles. The SMILES string of the molecule is CC(O)(CNS(=O)(=O)c1cccc(F)c1F)C(=O)O. The lowest BCUT2D eigenvalue weighted by Crippen LogP contribution is -2.46. The predicted molar refractivity (Wildman–Crippen MR) is 59.8 cm³/mol. The fourth-order valence-corrected chi connectivity index (χ4v) is 2.30. The van der Waals surface area contributed by atoms with Gasteiger partial charge in [-0.2, -0.15) is 0 Å². The molecule has 1 rings (SSSR count). The monoisotopic (exact) mass is 295 g/mol. The Bertz CT molecular complexity index is 600. The van der Waals surface area contributed by atoms with Crippen molar-refractivity contribution in [3.8, 4) is 0 Å². The summed E-state index contributed by atoms with van der Waals surface area (Å²) in [6, 6.07) is 2.54. The number of aliphatic hydroxyl groups is 1. The third-order valence-corrected chi connectivity index (χ3v) is 3.69. The molecule has 6 nitrogen and oxygen atoms in total. The lowest BCUT2D eigenvalue weighted by atomic mass is 10.1. The van der Waals surface area contributed by atoms with Crippen molar-refractivity contribution in [2.24, 2.45) is 0 Å². The summed E-state index contributed by atoms with van der Waals surface area (Å²) >= 11 is 0. The van der Waals surface area contributed by atoms with Gasteiger partial charge in [-0.05, 0) is 19.1 Å². The normalized spacial score (nSPS) is 14.9. The molecule has 0 saturated carbocycles. The lowest BCUT2D eigenvalue weighted by molar-refractivity contribution is -0.155. The zero-order valence-electron chi connectivity index (χ0n) is 9.72. The van der Waals surface area contributed by atoms with Crippen LogP contribution in [0, 0.1) is 11.6 Å². The van der Waals surface area contributed by atoms with E-state index in [0.717, 1.165) is 25.1 Å². The fraction of sp³-hybridized carbons (Fsp3) is 0.300. The van der Waals surface area contributed by atoms with Crippen molar-refractivity contribution in [2.75, 3.05) is 6.54 Å². The smallest absolute Gasteiger partial charge is 0.336 e. The number of carboxylic acid groups (broad SMARTS) is 1. The first-order valence-corrected chi connectivity index (χ1v) is 6.46. The van der Waals surface area contributed by atoms with E-state index in [1.165, 1.54) is 0 Å². The minimum atomic E-state index is -4.47. The van der Waals surface area contributed by atoms with Crippen LogP contribution in [0.1, 0.15) is 6.92 Å². The van der Waals surface area contributed by atoms with Crippen LogP contribution in [0.15, 0.2) is 23.1 Å². The average molecular weight is 295 g/mol. The summed E-state index contributed by atoms with van der Waals surface area (Å²) in [7, 11) is -4.47. The molecule has 1 unspecified atom stereocenters. The molecular formula is C10H11F2NO5S. The Morgan fingerprint density at radius 2 is 2.00 bits per heavy atom. The zero-order valence-corrected chi connectivity index (χ0v) is 10.5. The summed E-state index contributed by atoms with van der Waals surface area (Å²) in [5.41, 5.74) is -2.36. The molecule has 0 saturated heterocycles. The first-order valence-electron chi connectivity index (χ1n) is 4.97. The van der Waals surface area contributed by atoms with Crippen molar-refractivity contribution in [1.29, 1.82) is 0 Å². The van der Waals surface area contributed by atoms with E-state index in [1.807, 2.05) is 0 Å². The minimum Gasteiger partial charge on any atom is -0.479 e. The highest BCUT2D eigenvalue weighted by Crippen LogP contribution is 2.17. The maximum absolute atomic E-state index is 13.3. The molecule has 1 aromatic rings. The second-order valence-corrected chi connectivity index (χ2v) is 5.69. The van der Waals surface area contributed by atoms with Gasteiger partial charge in [-0.15, -0.1) is 0 Å². The third-order valence-electron chi connectivity index (χ3n) is 2.27. The van der Waals surface area contributed by atoms with E-state index < -0.39 is 44.7 Å². The van der Waals surface area contributed by atoms with Crippen LogP contribution >= 0.6 is 0 Å². The van der Waals surface area contributed by atoms with Gasteiger partial charge in [0.15, 0.2) is 17.2 Å².